The predicted molar refractivity (Wildman–Crippen MR) is 64.8 cm³/mol. The van der Waals surface area contributed by atoms with Crippen LogP contribution in [0.4, 0.5) is 0 Å². The second-order valence-corrected chi connectivity index (χ2v) is 4.21. The summed E-state index contributed by atoms with van der Waals surface area (Å²) in [5.74, 6) is 0.0424. The van der Waals surface area contributed by atoms with E-state index in [0.717, 1.165) is 18.4 Å². The van der Waals surface area contributed by atoms with Crippen LogP contribution in [0.3, 0.4) is 0 Å². The molecule has 0 spiro atoms. The van der Waals surface area contributed by atoms with Gasteiger partial charge in [-0.1, -0.05) is 35.9 Å². The van der Waals surface area contributed by atoms with Gasteiger partial charge in [0.05, 0.1) is 0 Å². The van der Waals surface area contributed by atoms with E-state index >= 15 is 0 Å². The molecule has 1 N–H and O–H groups in total. The fraction of sp³-hybridized carbons (Fsp3) is 0.357. The molecule has 1 aromatic rings. The van der Waals surface area contributed by atoms with Gasteiger partial charge in [-0.05, 0) is 31.2 Å². The lowest BCUT2D eigenvalue weighted by atomic mass is 10.2. The van der Waals surface area contributed by atoms with E-state index in [-0.39, 0.29) is 5.91 Å². The van der Waals surface area contributed by atoms with Crippen LogP contribution in [0, 0.1) is 0 Å². The Hall–Kier alpha value is -1.57. The zero-order valence-corrected chi connectivity index (χ0v) is 9.41. The van der Waals surface area contributed by atoms with Crippen LogP contribution in [-0.4, -0.2) is 5.91 Å². The van der Waals surface area contributed by atoms with Gasteiger partial charge < -0.3 is 5.32 Å². The molecule has 0 aromatic heterocycles. The van der Waals surface area contributed by atoms with Gasteiger partial charge in [0, 0.05) is 12.6 Å². The van der Waals surface area contributed by atoms with Gasteiger partial charge in [-0.3, -0.25) is 4.79 Å². The van der Waals surface area contributed by atoms with Crippen LogP contribution in [0.25, 0.3) is 0 Å². The molecule has 1 aliphatic rings. The van der Waals surface area contributed by atoms with Crippen LogP contribution >= 0.6 is 0 Å². The third-order valence-corrected chi connectivity index (χ3v) is 2.89. The summed E-state index contributed by atoms with van der Waals surface area (Å²) < 4.78 is 0. The molecule has 1 saturated carbocycles. The van der Waals surface area contributed by atoms with Crippen molar-refractivity contribution >= 4 is 5.91 Å². The summed E-state index contributed by atoms with van der Waals surface area (Å²) in [5.41, 5.74) is 2.44. The van der Waals surface area contributed by atoms with Gasteiger partial charge in [0.15, 0.2) is 0 Å². The first-order chi connectivity index (χ1) is 7.84. The fourth-order valence-corrected chi connectivity index (χ4v) is 1.99. The molecule has 0 atom stereocenters. The Labute approximate surface area is 96.4 Å². The molecule has 0 bridgehead atoms. The zero-order chi connectivity index (χ0) is 11.2. The minimum atomic E-state index is 0.0424. The van der Waals surface area contributed by atoms with E-state index in [9.17, 15) is 4.79 Å². The summed E-state index contributed by atoms with van der Waals surface area (Å²) in [4.78, 5) is 11.6. The quantitative estimate of drug-likeness (QED) is 0.772. The van der Waals surface area contributed by atoms with Crippen molar-refractivity contribution in [3.63, 3.8) is 0 Å². The molecule has 1 fully saturated rings. The minimum absolute atomic E-state index is 0.0424. The van der Waals surface area contributed by atoms with E-state index < -0.39 is 0 Å². The highest BCUT2D eigenvalue weighted by Gasteiger charge is 2.08. The van der Waals surface area contributed by atoms with E-state index in [1.807, 2.05) is 30.3 Å². The highest BCUT2D eigenvalue weighted by molar-refractivity contribution is 5.88. The molecule has 2 rings (SSSR count). The molecule has 0 radical (unpaired) electrons. The Balaban J connectivity index is 1.82. The summed E-state index contributed by atoms with van der Waals surface area (Å²) in [5, 5.41) is 2.91. The van der Waals surface area contributed by atoms with Gasteiger partial charge in [0.25, 0.3) is 0 Å². The summed E-state index contributed by atoms with van der Waals surface area (Å²) >= 11 is 0. The molecular weight excluding hydrogens is 198 g/mol. The van der Waals surface area contributed by atoms with Crippen LogP contribution in [-0.2, 0) is 11.3 Å². The molecule has 0 unspecified atom stereocenters. The Morgan fingerprint density at radius 1 is 1.19 bits per heavy atom. The van der Waals surface area contributed by atoms with Gasteiger partial charge in [0.2, 0.25) is 5.91 Å². The summed E-state index contributed by atoms with van der Waals surface area (Å²) in [6.07, 6.45) is 6.43. The summed E-state index contributed by atoms with van der Waals surface area (Å²) in [7, 11) is 0. The fourth-order valence-electron chi connectivity index (χ4n) is 1.99. The monoisotopic (exact) mass is 215 g/mol. The molecule has 1 aromatic carbocycles. The largest absolute Gasteiger partial charge is 0.348 e. The number of carbonyl (C=O) groups excluding carboxylic acids is 1. The lowest BCUT2D eigenvalue weighted by molar-refractivity contribution is -0.116. The highest BCUT2D eigenvalue weighted by Crippen LogP contribution is 2.23. The molecule has 2 nitrogen and oxygen atoms in total. The second-order valence-electron chi connectivity index (χ2n) is 4.21. The second kappa shape index (κ2) is 5.50. The normalized spacial score (nSPS) is 14.9. The van der Waals surface area contributed by atoms with Crippen molar-refractivity contribution in [3.8, 4) is 0 Å². The van der Waals surface area contributed by atoms with Crippen LogP contribution in [0.15, 0.2) is 42.0 Å². The molecule has 0 heterocycles. The molecular formula is C14H17NO. The Bertz CT molecular complexity index is 373. The lowest BCUT2D eigenvalue weighted by Crippen LogP contribution is -2.20. The number of hydrogen-bond acceptors (Lipinski definition) is 1. The molecule has 1 aliphatic carbocycles. The van der Waals surface area contributed by atoms with Crippen LogP contribution < -0.4 is 5.32 Å². The first kappa shape index (κ1) is 10.9. The van der Waals surface area contributed by atoms with Crippen molar-refractivity contribution < 1.29 is 4.79 Å². The molecule has 84 valence electrons. The topological polar surface area (TPSA) is 29.1 Å². The van der Waals surface area contributed by atoms with Crippen LogP contribution in [0.2, 0.25) is 0 Å². The van der Waals surface area contributed by atoms with E-state index in [1.54, 1.807) is 6.08 Å². The first-order valence-corrected chi connectivity index (χ1v) is 5.86. The maximum absolute atomic E-state index is 11.6. The van der Waals surface area contributed by atoms with Gasteiger partial charge in [0.1, 0.15) is 0 Å². The molecule has 0 aliphatic heterocycles. The smallest absolute Gasteiger partial charge is 0.244 e. The molecule has 2 heteroatoms. The van der Waals surface area contributed by atoms with Gasteiger partial charge in [-0.2, -0.15) is 0 Å². The van der Waals surface area contributed by atoms with Crippen molar-refractivity contribution in [1.29, 1.82) is 0 Å². The van der Waals surface area contributed by atoms with E-state index in [2.05, 4.69) is 5.32 Å². The van der Waals surface area contributed by atoms with Crippen molar-refractivity contribution in [3.05, 3.63) is 47.5 Å². The van der Waals surface area contributed by atoms with Crippen LogP contribution in [0.5, 0.6) is 0 Å². The Kier molecular flexibility index (Phi) is 3.76. The minimum Gasteiger partial charge on any atom is -0.348 e. The number of carbonyl (C=O) groups is 1. The summed E-state index contributed by atoms with van der Waals surface area (Å²) in [6.45, 7) is 0.615. The number of rotatable bonds is 3. The van der Waals surface area contributed by atoms with E-state index in [1.165, 1.54) is 18.4 Å². The van der Waals surface area contributed by atoms with Gasteiger partial charge in [-0.15, -0.1) is 0 Å². The molecule has 16 heavy (non-hydrogen) atoms. The van der Waals surface area contributed by atoms with Crippen LogP contribution in [0.1, 0.15) is 31.2 Å². The van der Waals surface area contributed by atoms with Gasteiger partial charge in [-0.25, -0.2) is 0 Å². The SMILES string of the molecule is O=C(C=C1CCCC1)NCc1ccccc1. The zero-order valence-electron chi connectivity index (χ0n) is 9.41. The maximum Gasteiger partial charge on any atom is 0.244 e. The third kappa shape index (κ3) is 3.23. The number of benzene rings is 1. The van der Waals surface area contributed by atoms with E-state index in [0.29, 0.717) is 6.54 Å². The van der Waals surface area contributed by atoms with Crippen molar-refractivity contribution in [2.24, 2.45) is 0 Å². The number of allylic oxidation sites excluding steroid dienone is 1. The first-order valence-electron chi connectivity index (χ1n) is 5.86. The molecule has 1 amide bonds. The van der Waals surface area contributed by atoms with Crippen molar-refractivity contribution in [1.82, 2.24) is 5.32 Å². The van der Waals surface area contributed by atoms with Gasteiger partial charge >= 0.3 is 0 Å². The van der Waals surface area contributed by atoms with Crippen molar-refractivity contribution in [2.75, 3.05) is 0 Å². The highest BCUT2D eigenvalue weighted by atomic mass is 16.1. The standard InChI is InChI=1S/C14H17NO/c16-14(10-12-6-4-5-7-12)15-11-13-8-2-1-3-9-13/h1-3,8-10H,4-7,11H2,(H,15,16). The average Bonchev–Trinajstić information content (AvgIpc) is 2.81. The number of nitrogens with one attached hydrogen (secondary N) is 1. The van der Waals surface area contributed by atoms with E-state index in [4.69, 9.17) is 0 Å². The molecule has 0 saturated heterocycles. The average molecular weight is 215 g/mol. The predicted octanol–water partition coefficient (Wildman–Crippen LogP) is 2.80. The Morgan fingerprint density at radius 3 is 2.56 bits per heavy atom. The Morgan fingerprint density at radius 2 is 1.88 bits per heavy atom. The van der Waals surface area contributed by atoms with Crippen molar-refractivity contribution in [2.45, 2.75) is 32.2 Å². The summed E-state index contributed by atoms with van der Waals surface area (Å²) in [6, 6.07) is 9.98. The lowest BCUT2D eigenvalue weighted by Gasteiger charge is -2.02. The maximum atomic E-state index is 11.6. The number of hydrogen-bond donors (Lipinski definition) is 1. The number of amides is 1. The third-order valence-electron chi connectivity index (χ3n) is 2.89.